The van der Waals surface area contributed by atoms with Crippen molar-refractivity contribution in [2.45, 2.75) is 26.2 Å². The molecule has 0 aromatic heterocycles. The van der Waals surface area contributed by atoms with Gasteiger partial charge >= 0.3 is 0 Å². The summed E-state index contributed by atoms with van der Waals surface area (Å²) in [7, 11) is 0. The molecule has 0 spiro atoms. The number of phenols is 2. The number of hydrogen-bond donors (Lipinski definition) is 3. The van der Waals surface area contributed by atoms with E-state index in [1.165, 1.54) is 18.6 Å². The van der Waals surface area contributed by atoms with Gasteiger partial charge < -0.3 is 15.5 Å². The van der Waals surface area contributed by atoms with Crippen molar-refractivity contribution in [3.8, 4) is 11.5 Å². The number of aromatic hydroxyl groups is 2. The lowest BCUT2D eigenvalue weighted by Gasteiger charge is -2.12. The summed E-state index contributed by atoms with van der Waals surface area (Å²) in [4.78, 5) is 11.9. The summed E-state index contributed by atoms with van der Waals surface area (Å²) in [6.45, 7) is 2.86. The number of carbonyl (C=O) groups is 1. The molecule has 1 saturated carbocycles. The third-order valence-corrected chi connectivity index (χ3v) is 3.61. The highest BCUT2D eigenvalue weighted by Crippen LogP contribution is 2.30. The van der Waals surface area contributed by atoms with Crippen LogP contribution in [0.25, 0.3) is 0 Å². The van der Waals surface area contributed by atoms with Gasteiger partial charge in [-0.1, -0.05) is 19.4 Å². The maximum atomic E-state index is 11.9. The molecule has 0 bridgehead atoms. The lowest BCUT2D eigenvalue weighted by atomic mass is 10.1. The molecule has 4 nitrogen and oxygen atoms in total. The number of phenolic OH excluding ortho intramolecular Hbond substituents is 2. The van der Waals surface area contributed by atoms with Crippen molar-refractivity contribution in [2.75, 3.05) is 6.54 Å². The summed E-state index contributed by atoms with van der Waals surface area (Å²) < 4.78 is 0. The first-order valence-electron chi connectivity index (χ1n) is 6.37. The molecule has 2 atom stereocenters. The molecule has 0 heterocycles. The average Bonchev–Trinajstić information content (AvgIpc) is 2.76. The van der Waals surface area contributed by atoms with Crippen LogP contribution in [0, 0.1) is 11.8 Å². The summed E-state index contributed by atoms with van der Waals surface area (Å²) in [5, 5.41) is 21.7. The van der Waals surface area contributed by atoms with E-state index in [0.29, 0.717) is 12.5 Å². The van der Waals surface area contributed by atoms with Crippen LogP contribution in [0.1, 0.15) is 36.5 Å². The lowest BCUT2D eigenvalue weighted by molar-refractivity contribution is 0.0943. The lowest BCUT2D eigenvalue weighted by Crippen LogP contribution is -2.28. The van der Waals surface area contributed by atoms with Gasteiger partial charge in [-0.05, 0) is 36.8 Å². The molecular weight excluding hydrogens is 230 g/mol. The van der Waals surface area contributed by atoms with Crippen LogP contribution in [0.2, 0.25) is 0 Å². The monoisotopic (exact) mass is 249 g/mol. The molecule has 0 aliphatic heterocycles. The Kier molecular flexibility index (Phi) is 3.75. The largest absolute Gasteiger partial charge is 0.504 e. The van der Waals surface area contributed by atoms with Crippen LogP contribution in [0.3, 0.4) is 0 Å². The Bertz CT molecular complexity index is 445. The van der Waals surface area contributed by atoms with Crippen LogP contribution >= 0.6 is 0 Å². The Labute approximate surface area is 107 Å². The van der Waals surface area contributed by atoms with E-state index < -0.39 is 0 Å². The minimum absolute atomic E-state index is 0.126. The molecule has 1 aromatic rings. The summed E-state index contributed by atoms with van der Waals surface area (Å²) >= 11 is 0. The van der Waals surface area contributed by atoms with Gasteiger partial charge in [-0.2, -0.15) is 0 Å². The van der Waals surface area contributed by atoms with Gasteiger partial charge in [0.25, 0.3) is 5.91 Å². The van der Waals surface area contributed by atoms with E-state index in [0.717, 1.165) is 18.8 Å². The fourth-order valence-corrected chi connectivity index (χ4v) is 2.56. The Morgan fingerprint density at radius 2 is 2.17 bits per heavy atom. The summed E-state index contributed by atoms with van der Waals surface area (Å²) in [5.74, 6) is 0.319. The fourth-order valence-electron chi connectivity index (χ4n) is 2.56. The van der Waals surface area contributed by atoms with Crippen molar-refractivity contribution < 1.29 is 15.0 Å². The zero-order valence-corrected chi connectivity index (χ0v) is 10.5. The molecule has 2 unspecified atom stereocenters. The van der Waals surface area contributed by atoms with Gasteiger partial charge in [0, 0.05) is 6.54 Å². The summed E-state index contributed by atoms with van der Waals surface area (Å²) in [5.41, 5.74) is 0.126. The van der Waals surface area contributed by atoms with Crippen LogP contribution in [0.5, 0.6) is 11.5 Å². The Balaban J connectivity index is 1.94. The molecular formula is C14H19NO3. The van der Waals surface area contributed by atoms with Crippen molar-refractivity contribution in [1.29, 1.82) is 0 Å². The molecule has 2 rings (SSSR count). The predicted molar refractivity (Wildman–Crippen MR) is 68.6 cm³/mol. The Morgan fingerprint density at radius 1 is 1.39 bits per heavy atom. The third-order valence-electron chi connectivity index (χ3n) is 3.61. The van der Waals surface area contributed by atoms with Crippen LogP contribution in [-0.2, 0) is 0 Å². The minimum Gasteiger partial charge on any atom is -0.504 e. The smallest absolute Gasteiger partial charge is 0.255 e. The number of hydrogen-bond acceptors (Lipinski definition) is 3. The number of rotatable bonds is 3. The van der Waals surface area contributed by atoms with Crippen LogP contribution < -0.4 is 5.32 Å². The van der Waals surface area contributed by atoms with Gasteiger partial charge in [0.15, 0.2) is 11.5 Å². The van der Waals surface area contributed by atoms with Gasteiger partial charge in [-0.15, -0.1) is 0 Å². The molecule has 4 heteroatoms. The highest BCUT2D eigenvalue weighted by Gasteiger charge is 2.22. The van der Waals surface area contributed by atoms with Crippen molar-refractivity contribution in [1.82, 2.24) is 5.32 Å². The first kappa shape index (κ1) is 12.7. The van der Waals surface area contributed by atoms with Crippen molar-refractivity contribution in [3.63, 3.8) is 0 Å². The second-order valence-electron chi connectivity index (χ2n) is 5.17. The van der Waals surface area contributed by atoms with E-state index in [4.69, 9.17) is 0 Å². The zero-order valence-electron chi connectivity index (χ0n) is 10.5. The first-order valence-corrected chi connectivity index (χ1v) is 6.37. The molecule has 98 valence electrons. The van der Waals surface area contributed by atoms with Crippen LogP contribution in [-0.4, -0.2) is 22.7 Å². The first-order chi connectivity index (χ1) is 8.58. The highest BCUT2D eigenvalue weighted by molar-refractivity contribution is 5.97. The molecule has 3 N–H and O–H groups in total. The standard InChI is InChI=1S/C14H19NO3/c1-9-5-6-10(7-9)8-15-14(18)11-3-2-4-12(16)13(11)17/h2-4,9-10,16-17H,5-8H2,1H3,(H,15,18). The van der Waals surface area contributed by atoms with Crippen molar-refractivity contribution in [3.05, 3.63) is 23.8 Å². The fraction of sp³-hybridized carbons (Fsp3) is 0.500. The van der Waals surface area contributed by atoms with E-state index in [2.05, 4.69) is 12.2 Å². The molecule has 1 fully saturated rings. The highest BCUT2D eigenvalue weighted by atomic mass is 16.3. The van der Waals surface area contributed by atoms with Gasteiger partial charge in [0.05, 0.1) is 5.56 Å². The summed E-state index contributed by atoms with van der Waals surface area (Å²) in [6, 6.07) is 4.40. The molecule has 0 radical (unpaired) electrons. The second-order valence-corrected chi connectivity index (χ2v) is 5.17. The van der Waals surface area contributed by atoms with Gasteiger partial charge in [-0.3, -0.25) is 4.79 Å². The van der Waals surface area contributed by atoms with E-state index in [1.54, 1.807) is 6.07 Å². The topological polar surface area (TPSA) is 69.6 Å². The average molecular weight is 249 g/mol. The molecule has 1 aromatic carbocycles. The number of amides is 1. The van der Waals surface area contributed by atoms with Crippen LogP contribution in [0.15, 0.2) is 18.2 Å². The Hall–Kier alpha value is -1.71. The number of benzene rings is 1. The minimum atomic E-state index is -0.352. The number of nitrogens with one attached hydrogen (secondary N) is 1. The van der Waals surface area contributed by atoms with Crippen molar-refractivity contribution in [2.24, 2.45) is 11.8 Å². The van der Waals surface area contributed by atoms with Crippen LogP contribution in [0.4, 0.5) is 0 Å². The maximum absolute atomic E-state index is 11.9. The molecule has 1 aliphatic rings. The van der Waals surface area contributed by atoms with E-state index in [1.807, 2.05) is 0 Å². The predicted octanol–water partition coefficient (Wildman–Crippen LogP) is 2.26. The molecule has 0 saturated heterocycles. The normalized spacial score (nSPS) is 22.9. The zero-order chi connectivity index (χ0) is 13.1. The van der Waals surface area contributed by atoms with E-state index in [9.17, 15) is 15.0 Å². The molecule has 18 heavy (non-hydrogen) atoms. The molecule has 1 amide bonds. The number of para-hydroxylation sites is 1. The van der Waals surface area contributed by atoms with Gasteiger partial charge in [-0.25, -0.2) is 0 Å². The quantitative estimate of drug-likeness (QED) is 0.720. The van der Waals surface area contributed by atoms with E-state index in [-0.39, 0.29) is 23.0 Å². The maximum Gasteiger partial charge on any atom is 0.255 e. The van der Waals surface area contributed by atoms with Gasteiger partial charge in [0.2, 0.25) is 0 Å². The third kappa shape index (κ3) is 2.75. The van der Waals surface area contributed by atoms with Gasteiger partial charge in [0.1, 0.15) is 0 Å². The number of carbonyl (C=O) groups excluding carboxylic acids is 1. The van der Waals surface area contributed by atoms with E-state index >= 15 is 0 Å². The summed E-state index contributed by atoms with van der Waals surface area (Å²) in [6.07, 6.45) is 3.51. The SMILES string of the molecule is CC1CCC(CNC(=O)c2cccc(O)c2O)C1. The second kappa shape index (κ2) is 5.29. The van der Waals surface area contributed by atoms with Crippen molar-refractivity contribution >= 4 is 5.91 Å². The molecule has 1 aliphatic carbocycles. The Morgan fingerprint density at radius 3 is 2.83 bits per heavy atom.